The number of carboxylic acids is 1. The SMILES string of the molecule is CC(C)C1=C2[C@H]3CC[C@@H]4[C@@]5(C)CC[C@H](OC(=O)[C@H]6C[C@@H](C(=O)O)C6(C)C)C(C)(C)[C@@H]5CC[C@@]4(C)[C@]3(C)CC[C@@]2(CCNC(=O)c2cccc(Cl)c2)CC1=O. The third kappa shape index (κ3) is 5.69. The number of fused-ring (bicyclic) bond motifs is 7. The monoisotopic (exact) mass is 761 g/mol. The molecular formula is C46H64ClNO6. The Kier molecular flexibility index (Phi) is 9.67. The van der Waals surface area contributed by atoms with E-state index in [9.17, 15) is 24.3 Å². The maximum Gasteiger partial charge on any atom is 0.309 e. The van der Waals surface area contributed by atoms with Gasteiger partial charge in [0, 0.05) is 34.4 Å². The molecule has 0 saturated heterocycles. The molecule has 0 radical (unpaired) electrons. The van der Waals surface area contributed by atoms with Crippen molar-refractivity contribution in [2.24, 2.45) is 68.0 Å². The fourth-order valence-corrected chi connectivity index (χ4v) is 14.5. The van der Waals surface area contributed by atoms with Crippen LogP contribution in [0.3, 0.4) is 0 Å². The predicted octanol–water partition coefficient (Wildman–Crippen LogP) is 10.1. The average Bonchev–Trinajstić information content (AvgIpc) is 3.37. The number of hydrogen-bond acceptors (Lipinski definition) is 5. The summed E-state index contributed by atoms with van der Waals surface area (Å²) in [5.74, 6) is -0.324. The molecular weight excluding hydrogens is 698 g/mol. The molecule has 0 bridgehead atoms. The van der Waals surface area contributed by atoms with Crippen molar-refractivity contribution in [3.05, 3.63) is 46.0 Å². The molecule has 6 aliphatic carbocycles. The molecule has 0 heterocycles. The first kappa shape index (κ1) is 39.6. The van der Waals surface area contributed by atoms with Crippen molar-refractivity contribution in [1.82, 2.24) is 5.32 Å². The number of carboxylic acid groups (broad SMARTS) is 1. The molecule has 0 spiro atoms. The molecule has 8 heteroatoms. The van der Waals surface area contributed by atoms with Crippen molar-refractivity contribution in [2.75, 3.05) is 6.54 Å². The molecule has 1 aromatic carbocycles. The fraction of sp³-hybridized carbons (Fsp3) is 0.739. The number of ether oxygens (including phenoxy) is 1. The predicted molar refractivity (Wildman–Crippen MR) is 211 cm³/mol. The van der Waals surface area contributed by atoms with Crippen LogP contribution in [-0.4, -0.2) is 41.4 Å². The van der Waals surface area contributed by atoms with Gasteiger partial charge >= 0.3 is 11.9 Å². The third-order valence-electron chi connectivity index (χ3n) is 17.6. The molecule has 7 nitrogen and oxygen atoms in total. The van der Waals surface area contributed by atoms with Gasteiger partial charge in [-0.2, -0.15) is 0 Å². The Balaban J connectivity index is 1.12. The number of carbonyl (C=O) groups excluding carboxylic acids is 3. The van der Waals surface area contributed by atoms with Crippen LogP contribution in [-0.2, 0) is 19.1 Å². The third-order valence-corrected chi connectivity index (χ3v) is 17.8. The van der Waals surface area contributed by atoms with E-state index < -0.39 is 17.3 Å². The van der Waals surface area contributed by atoms with Crippen LogP contribution in [0.5, 0.6) is 0 Å². The van der Waals surface area contributed by atoms with Gasteiger partial charge in [0.25, 0.3) is 5.91 Å². The van der Waals surface area contributed by atoms with Crippen molar-refractivity contribution in [2.45, 2.75) is 139 Å². The minimum atomic E-state index is -0.829. The van der Waals surface area contributed by atoms with E-state index in [1.165, 1.54) is 5.57 Å². The number of carbonyl (C=O) groups is 4. The molecule has 7 rings (SSSR count). The summed E-state index contributed by atoms with van der Waals surface area (Å²) in [4.78, 5) is 52.5. The maximum atomic E-state index is 14.0. The van der Waals surface area contributed by atoms with Crippen LogP contribution < -0.4 is 5.32 Å². The van der Waals surface area contributed by atoms with E-state index in [-0.39, 0.29) is 56.9 Å². The van der Waals surface area contributed by atoms with Gasteiger partial charge in [-0.05, 0) is 133 Å². The van der Waals surface area contributed by atoms with Gasteiger partial charge in [-0.25, -0.2) is 0 Å². The Morgan fingerprint density at radius 3 is 2.26 bits per heavy atom. The first-order chi connectivity index (χ1) is 25.1. The highest BCUT2D eigenvalue weighted by atomic mass is 35.5. The average molecular weight is 762 g/mol. The molecule has 296 valence electrons. The highest BCUT2D eigenvalue weighted by Crippen LogP contribution is 2.77. The number of esters is 1. The summed E-state index contributed by atoms with van der Waals surface area (Å²) in [7, 11) is 0. The van der Waals surface area contributed by atoms with Crippen LogP contribution >= 0.6 is 11.6 Å². The summed E-state index contributed by atoms with van der Waals surface area (Å²) in [6.45, 7) is 21.0. The van der Waals surface area contributed by atoms with Gasteiger partial charge in [0.1, 0.15) is 6.10 Å². The Morgan fingerprint density at radius 1 is 0.889 bits per heavy atom. The summed E-state index contributed by atoms with van der Waals surface area (Å²) in [5, 5.41) is 13.4. The lowest BCUT2D eigenvalue weighted by Crippen LogP contribution is -2.66. The summed E-state index contributed by atoms with van der Waals surface area (Å²) in [6, 6.07) is 7.05. The summed E-state index contributed by atoms with van der Waals surface area (Å²) < 4.78 is 6.41. The number of rotatable bonds is 8. The van der Waals surface area contributed by atoms with Crippen LogP contribution in [0.25, 0.3) is 0 Å². The molecule has 10 atom stereocenters. The van der Waals surface area contributed by atoms with Gasteiger partial charge < -0.3 is 15.2 Å². The molecule has 54 heavy (non-hydrogen) atoms. The van der Waals surface area contributed by atoms with Crippen molar-refractivity contribution in [1.29, 1.82) is 0 Å². The highest BCUT2D eigenvalue weighted by Gasteiger charge is 2.70. The van der Waals surface area contributed by atoms with Crippen LogP contribution in [0.1, 0.15) is 143 Å². The summed E-state index contributed by atoms with van der Waals surface area (Å²) in [6.07, 6.45) is 9.79. The first-order valence-electron chi connectivity index (χ1n) is 20.9. The largest absolute Gasteiger partial charge is 0.481 e. The highest BCUT2D eigenvalue weighted by molar-refractivity contribution is 6.31. The number of Topliss-reactive ketones (excluding diaryl/α,β-unsaturated/α-hetero) is 1. The van der Waals surface area contributed by atoms with E-state index >= 15 is 0 Å². The lowest BCUT2D eigenvalue weighted by Gasteiger charge is -2.72. The van der Waals surface area contributed by atoms with Crippen LogP contribution in [0.2, 0.25) is 5.02 Å². The van der Waals surface area contributed by atoms with Crippen molar-refractivity contribution in [3.8, 4) is 0 Å². The zero-order chi connectivity index (χ0) is 39.4. The smallest absolute Gasteiger partial charge is 0.309 e. The van der Waals surface area contributed by atoms with Crippen LogP contribution in [0.4, 0.5) is 0 Å². The van der Waals surface area contributed by atoms with Crippen molar-refractivity contribution in [3.63, 3.8) is 0 Å². The molecule has 1 aromatic rings. The van der Waals surface area contributed by atoms with E-state index in [1.807, 2.05) is 13.8 Å². The molecule has 0 unspecified atom stereocenters. The Bertz CT molecular complexity index is 1780. The second-order valence-corrected chi connectivity index (χ2v) is 21.2. The minimum Gasteiger partial charge on any atom is -0.481 e. The standard InChI is InChI=1S/C46H64ClNO6/c1-26(2)36-32(49)25-46(21-22-48-38(50)27-11-10-12-28(47)23-27)20-19-44(8)29(37(36)46)13-14-34-43(7)17-16-35(42(5,6)33(43)15-18-45(34,44)9)54-40(53)31-24-30(39(51)52)41(31,3)4/h10-12,23,26,29-31,33-35H,13-22,24-25H2,1-9H3,(H,48,50)(H,51,52)/t29-,30+,31-,33+,34-,35+,43+,44-,45-,46-/m1/s1. The number of amides is 1. The zero-order valence-electron chi connectivity index (χ0n) is 34.2. The summed E-state index contributed by atoms with van der Waals surface area (Å²) >= 11 is 6.18. The Hall–Kier alpha value is -2.67. The number of nitrogens with one attached hydrogen (secondary N) is 1. The molecule has 2 N–H and O–H groups in total. The molecule has 5 saturated carbocycles. The Labute approximate surface area is 328 Å². The molecule has 0 aliphatic heterocycles. The topological polar surface area (TPSA) is 110 Å². The van der Waals surface area contributed by atoms with Gasteiger partial charge in [0.15, 0.2) is 5.78 Å². The number of aliphatic carboxylic acids is 1. The van der Waals surface area contributed by atoms with Crippen LogP contribution in [0.15, 0.2) is 35.4 Å². The number of allylic oxidation sites excluding steroid dienone is 2. The number of ketones is 1. The first-order valence-corrected chi connectivity index (χ1v) is 21.3. The summed E-state index contributed by atoms with van der Waals surface area (Å²) in [5.41, 5.74) is 2.27. The normalized spacial score (nSPS) is 40.5. The number of benzene rings is 1. The maximum absolute atomic E-state index is 14.0. The molecule has 1 amide bonds. The number of halogens is 1. The van der Waals surface area contributed by atoms with E-state index in [4.69, 9.17) is 16.3 Å². The zero-order valence-corrected chi connectivity index (χ0v) is 35.0. The van der Waals surface area contributed by atoms with Gasteiger partial charge in [-0.1, -0.05) is 85.6 Å². The van der Waals surface area contributed by atoms with Crippen molar-refractivity contribution < 1.29 is 29.0 Å². The van der Waals surface area contributed by atoms with Gasteiger partial charge in [0.05, 0.1) is 11.8 Å². The number of hydrogen-bond donors (Lipinski definition) is 2. The van der Waals surface area contributed by atoms with Gasteiger partial charge in [-0.15, -0.1) is 0 Å². The van der Waals surface area contributed by atoms with Crippen LogP contribution in [0, 0.1) is 68.0 Å². The second kappa shape index (κ2) is 13.2. The van der Waals surface area contributed by atoms with Gasteiger partial charge in [0.2, 0.25) is 0 Å². The van der Waals surface area contributed by atoms with E-state index in [0.717, 1.165) is 63.4 Å². The van der Waals surface area contributed by atoms with E-state index in [2.05, 4.69) is 53.8 Å². The minimum absolute atomic E-state index is 0.0431. The Morgan fingerprint density at radius 2 is 1.61 bits per heavy atom. The quantitative estimate of drug-likeness (QED) is 0.255. The van der Waals surface area contributed by atoms with E-state index in [0.29, 0.717) is 53.5 Å². The lowest BCUT2D eigenvalue weighted by atomic mass is 9.33. The molecule has 6 aliphatic rings. The lowest BCUT2D eigenvalue weighted by molar-refractivity contribution is -0.236. The second-order valence-electron chi connectivity index (χ2n) is 20.8. The molecule has 5 fully saturated rings. The molecule has 0 aromatic heterocycles. The fourth-order valence-electron chi connectivity index (χ4n) is 14.4. The van der Waals surface area contributed by atoms with Gasteiger partial charge in [-0.3, -0.25) is 19.2 Å². The van der Waals surface area contributed by atoms with E-state index in [1.54, 1.807) is 24.3 Å². The van der Waals surface area contributed by atoms with Crippen molar-refractivity contribution >= 4 is 35.2 Å².